The predicted octanol–water partition coefficient (Wildman–Crippen LogP) is 0.963. The number of thioether (sulfide) groups is 1. The van der Waals surface area contributed by atoms with Gasteiger partial charge < -0.3 is 15.1 Å². The molecule has 0 amide bonds. The number of oxime groups is 1. The van der Waals surface area contributed by atoms with Crippen LogP contribution in [0.4, 0.5) is 0 Å². The lowest BCUT2D eigenvalue weighted by atomic mass is 10.2. The van der Waals surface area contributed by atoms with Crippen LogP contribution in [0.5, 0.6) is 0 Å². The lowest BCUT2D eigenvalue weighted by Gasteiger charge is -2.07. The monoisotopic (exact) mass is 269 g/mol. The second-order valence-corrected chi connectivity index (χ2v) is 5.24. The summed E-state index contributed by atoms with van der Waals surface area (Å²) in [5.41, 5.74) is 6.66. The largest absolute Gasteiger partial charge is 0.391 e. The van der Waals surface area contributed by atoms with Crippen LogP contribution in [0.1, 0.15) is 25.6 Å². The van der Waals surface area contributed by atoms with Gasteiger partial charge in [-0.2, -0.15) is 0 Å². The normalized spacial score (nSPS) is 18.8. The molecule has 1 aromatic heterocycles. The molecule has 6 nitrogen and oxygen atoms in total. The van der Waals surface area contributed by atoms with E-state index >= 15 is 0 Å². The minimum Gasteiger partial charge on any atom is -0.391 e. The molecular weight excluding hydrogens is 250 g/mol. The average Bonchev–Trinajstić information content (AvgIpc) is 2.96. The van der Waals surface area contributed by atoms with Crippen LogP contribution >= 0.6 is 11.8 Å². The first-order valence-electron chi connectivity index (χ1n) is 6.17. The van der Waals surface area contributed by atoms with E-state index in [-0.39, 0.29) is 6.10 Å². The van der Waals surface area contributed by atoms with Gasteiger partial charge in [-0.3, -0.25) is 0 Å². The van der Waals surface area contributed by atoms with Crippen LogP contribution in [0.2, 0.25) is 0 Å². The Balaban J connectivity index is 1.84. The lowest BCUT2D eigenvalue weighted by molar-refractivity contribution is 0.103. The molecule has 2 heterocycles. The number of nitrogens with two attached hydrogens (primary N) is 1. The maximum atomic E-state index is 5.52. The second kappa shape index (κ2) is 6.19. The lowest BCUT2D eigenvalue weighted by Crippen LogP contribution is -2.12. The van der Waals surface area contributed by atoms with E-state index in [9.17, 15) is 0 Å². The van der Waals surface area contributed by atoms with Gasteiger partial charge in [0, 0.05) is 25.6 Å². The highest BCUT2D eigenvalue weighted by Crippen LogP contribution is 2.22. The zero-order valence-corrected chi connectivity index (χ0v) is 11.6. The third-order valence-electron chi connectivity index (χ3n) is 2.89. The maximum absolute atomic E-state index is 5.52. The summed E-state index contributed by atoms with van der Waals surface area (Å²) in [5, 5.41) is 13.2. The molecule has 1 aliphatic rings. The van der Waals surface area contributed by atoms with Crippen LogP contribution in [0.15, 0.2) is 10.3 Å². The second-order valence-electron chi connectivity index (χ2n) is 4.25. The molecule has 18 heavy (non-hydrogen) atoms. The summed E-state index contributed by atoms with van der Waals surface area (Å²) < 4.78 is 1.99. The maximum Gasteiger partial charge on any atom is 0.191 e. The Labute approximate surface area is 111 Å². The van der Waals surface area contributed by atoms with E-state index < -0.39 is 0 Å². The molecule has 0 fully saturated rings. The molecule has 0 aromatic carbocycles. The number of aromatic nitrogens is 3. The van der Waals surface area contributed by atoms with Crippen molar-refractivity contribution >= 4 is 17.5 Å². The van der Waals surface area contributed by atoms with E-state index in [1.165, 1.54) is 0 Å². The Kier molecular flexibility index (Phi) is 4.60. The van der Waals surface area contributed by atoms with Gasteiger partial charge in [0.25, 0.3) is 0 Å². The summed E-state index contributed by atoms with van der Waals surface area (Å²) in [7, 11) is 1.97. The highest BCUT2D eigenvalue weighted by Gasteiger charge is 2.21. The number of nitrogens with zero attached hydrogens (tertiary/aromatic N) is 4. The summed E-state index contributed by atoms with van der Waals surface area (Å²) in [5.74, 6) is 1.78. The van der Waals surface area contributed by atoms with Gasteiger partial charge in [-0.05, 0) is 13.0 Å². The van der Waals surface area contributed by atoms with E-state index in [1.54, 1.807) is 11.8 Å². The summed E-state index contributed by atoms with van der Waals surface area (Å²) in [4.78, 5) is 5.36. The van der Waals surface area contributed by atoms with Gasteiger partial charge in [-0.1, -0.05) is 23.8 Å². The van der Waals surface area contributed by atoms with Crippen molar-refractivity contribution in [2.24, 2.45) is 17.9 Å². The third kappa shape index (κ3) is 3.02. The Morgan fingerprint density at radius 1 is 1.50 bits per heavy atom. The number of rotatable bonds is 6. The van der Waals surface area contributed by atoms with Crippen molar-refractivity contribution in [3.8, 4) is 0 Å². The molecule has 0 saturated heterocycles. The summed E-state index contributed by atoms with van der Waals surface area (Å²) >= 11 is 1.65. The zero-order chi connectivity index (χ0) is 13.0. The van der Waals surface area contributed by atoms with E-state index in [0.29, 0.717) is 6.54 Å². The van der Waals surface area contributed by atoms with Crippen molar-refractivity contribution in [2.45, 2.75) is 37.4 Å². The van der Waals surface area contributed by atoms with Gasteiger partial charge in [0.05, 0.1) is 5.71 Å². The minimum absolute atomic E-state index is 0.166. The fraction of sp³-hybridized carbons (Fsp3) is 0.727. The van der Waals surface area contributed by atoms with E-state index in [2.05, 4.69) is 22.3 Å². The molecule has 0 aliphatic carbocycles. The molecule has 100 valence electrons. The summed E-state index contributed by atoms with van der Waals surface area (Å²) in [6, 6.07) is 0. The Hall–Kier alpha value is -1.08. The topological polar surface area (TPSA) is 78.3 Å². The first-order valence-corrected chi connectivity index (χ1v) is 7.15. The molecule has 7 heteroatoms. The van der Waals surface area contributed by atoms with E-state index in [4.69, 9.17) is 10.6 Å². The van der Waals surface area contributed by atoms with Crippen molar-refractivity contribution in [1.82, 2.24) is 14.8 Å². The van der Waals surface area contributed by atoms with Crippen LogP contribution in [-0.2, 0) is 18.3 Å². The van der Waals surface area contributed by atoms with Gasteiger partial charge >= 0.3 is 0 Å². The smallest absolute Gasteiger partial charge is 0.191 e. The van der Waals surface area contributed by atoms with E-state index in [0.717, 1.165) is 41.7 Å². The number of hydrogen-bond donors (Lipinski definition) is 1. The molecule has 0 spiro atoms. The molecule has 0 unspecified atom stereocenters. The van der Waals surface area contributed by atoms with Crippen molar-refractivity contribution in [2.75, 3.05) is 12.3 Å². The van der Waals surface area contributed by atoms with Gasteiger partial charge in [0.1, 0.15) is 11.9 Å². The molecule has 2 N–H and O–H groups in total. The standard InChI is InChI=1S/C11H19N5OS/c1-3-8-6-9(17-15-8)7-18-11-14-13-10(4-5-12)16(11)2/h9H,3-7,12H2,1-2H3/t9-/m0/s1. The molecule has 0 saturated carbocycles. The highest BCUT2D eigenvalue weighted by atomic mass is 32.2. The zero-order valence-electron chi connectivity index (χ0n) is 10.8. The SMILES string of the molecule is CCC1=NO[C@H](CSc2nnc(CCN)n2C)C1. The third-order valence-corrected chi connectivity index (χ3v) is 4.05. The quantitative estimate of drug-likeness (QED) is 0.778. The van der Waals surface area contributed by atoms with Crippen LogP contribution in [0.25, 0.3) is 0 Å². The van der Waals surface area contributed by atoms with Gasteiger partial charge in [-0.15, -0.1) is 10.2 Å². The molecule has 2 rings (SSSR count). The Morgan fingerprint density at radius 2 is 2.33 bits per heavy atom. The molecule has 1 aliphatic heterocycles. The Morgan fingerprint density at radius 3 is 3.00 bits per heavy atom. The van der Waals surface area contributed by atoms with Crippen molar-refractivity contribution < 1.29 is 4.84 Å². The van der Waals surface area contributed by atoms with Crippen molar-refractivity contribution in [3.63, 3.8) is 0 Å². The molecular formula is C11H19N5OS. The summed E-state index contributed by atoms with van der Waals surface area (Å²) in [6.45, 7) is 2.69. The Bertz CT molecular complexity index is 431. The minimum atomic E-state index is 0.166. The summed E-state index contributed by atoms with van der Waals surface area (Å²) in [6.07, 6.45) is 2.81. The fourth-order valence-electron chi connectivity index (χ4n) is 1.77. The molecule has 0 bridgehead atoms. The number of hydrogen-bond acceptors (Lipinski definition) is 6. The first kappa shape index (κ1) is 13.4. The van der Waals surface area contributed by atoms with Crippen molar-refractivity contribution in [3.05, 3.63) is 5.82 Å². The fourth-order valence-corrected chi connectivity index (χ4v) is 2.68. The molecule has 0 radical (unpaired) electrons. The van der Waals surface area contributed by atoms with Crippen LogP contribution in [0, 0.1) is 0 Å². The van der Waals surface area contributed by atoms with Crippen LogP contribution in [-0.4, -0.2) is 38.9 Å². The molecule has 1 atom stereocenters. The highest BCUT2D eigenvalue weighted by molar-refractivity contribution is 7.99. The van der Waals surface area contributed by atoms with Crippen LogP contribution in [0.3, 0.4) is 0 Å². The van der Waals surface area contributed by atoms with Gasteiger partial charge in [0.15, 0.2) is 5.16 Å². The average molecular weight is 269 g/mol. The van der Waals surface area contributed by atoms with Crippen LogP contribution < -0.4 is 5.73 Å². The predicted molar refractivity (Wildman–Crippen MR) is 71.7 cm³/mol. The van der Waals surface area contributed by atoms with Gasteiger partial charge in [-0.25, -0.2) is 0 Å². The van der Waals surface area contributed by atoms with Crippen molar-refractivity contribution in [1.29, 1.82) is 0 Å². The van der Waals surface area contributed by atoms with Gasteiger partial charge in [0.2, 0.25) is 0 Å². The first-order chi connectivity index (χ1) is 8.74. The van der Waals surface area contributed by atoms with E-state index in [1.807, 2.05) is 11.6 Å². The molecule has 1 aromatic rings.